The summed E-state index contributed by atoms with van der Waals surface area (Å²) in [4.78, 5) is 23.7. The molecule has 0 atom stereocenters. The predicted octanol–water partition coefficient (Wildman–Crippen LogP) is 2.80. The van der Waals surface area contributed by atoms with Crippen LogP contribution in [0.1, 0.15) is 28.8 Å². The highest BCUT2D eigenvalue weighted by molar-refractivity contribution is 5.94. The van der Waals surface area contributed by atoms with Crippen LogP contribution >= 0.6 is 0 Å². The summed E-state index contributed by atoms with van der Waals surface area (Å²) in [5.41, 5.74) is 0.635. The van der Waals surface area contributed by atoms with Gasteiger partial charge in [0.2, 0.25) is 5.91 Å². The lowest BCUT2D eigenvalue weighted by Crippen LogP contribution is -2.28. The van der Waals surface area contributed by atoms with Crippen molar-refractivity contribution >= 4 is 11.8 Å². The first kappa shape index (κ1) is 19.4. The fourth-order valence-corrected chi connectivity index (χ4v) is 2.35. The van der Waals surface area contributed by atoms with Gasteiger partial charge in [-0.05, 0) is 24.6 Å². The lowest BCUT2D eigenvalue weighted by Gasteiger charge is -2.10. The van der Waals surface area contributed by atoms with Crippen molar-refractivity contribution in [3.63, 3.8) is 0 Å². The van der Waals surface area contributed by atoms with Crippen molar-refractivity contribution < 1.29 is 23.1 Å². The van der Waals surface area contributed by atoms with Gasteiger partial charge < -0.3 is 15.4 Å². The zero-order valence-corrected chi connectivity index (χ0v) is 14.4. The van der Waals surface area contributed by atoms with Gasteiger partial charge in [-0.15, -0.1) is 0 Å². The van der Waals surface area contributed by atoms with Crippen molar-refractivity contribution in [3.05, 3.63) is 65.2 Å². The van der Waals surface area contributed by atoms with E-state index in [4.69, 9.17) is 4.74 Å². The highest BCUT2D eigenvalue weighted by Crippen LogP contribution is 2.16. The maximum atomic E-state index is 13.5. The van der Waals surface area contributed by atoms with Gasteiger partial charge in [0, 0.05) is 31.1 Å². The molecule has 0 aliphatic carbocycles. The summed E-state index contributed by atoms with van der Waals surface area (Å²) < 4.78 is 31.5. The third kappa shape index (κ3) is 5.54. The molecule has 0 heterocycles. The summed E-state index contributed by atoms with van der Waals surface area (Å²) in [5, 5.41) is 5.28. The first-order valence-corrected chi connectivity index (χ1v) is 8.13. The number of carbonyl (C=O) groups is 2. The van der Waals surface area contributed by atoms with Crippen molar-refractivity contribution in [2.45, 2.75) is 19.4 Å². The number of para-hydroxylation sites is 1. The third-order valence-corrected chi connectivity index (χ3v) is 3.71. The fourth-order valence-electron chi connectivity index (χ4n) is 2.35. The topological polar surface area (TPSA) is 67.4 Å². The number of ether oxygens (including phenoxy) is 1. The normalized spacial score (nSPS) is 10.3. The van der Waals surface area contributed by atoms with Gasteiger partial charge in [0.1, 0.15) is 17.4 Å². The van der Waals surface area contributed by atoms with Gasteiger partial charge in [0.25, 0.3) is 5.91 Å². The minimum absolute atomic E-state index is 0.168. The Balaban J connectivity index is 1.70. The molecule has 0 unspecified atom stereocenters. The van der Waals surface area contributed by atoms with E-state index in [1.165, 1.54) is 0 Å². The summed E-state index contributed by atoms with van der Waals surface area (Å²) >= 11 is 0. The Morgan fingerprint density at radius 2 is 1.85 bits per heavy atom. The Morgan fingerprint density at radius 3 is 2.58 bits per heavy atom. The van der Waals surface area contributed by atoms with Gasteiger partial charge in [-0.2, -0.15) is 0 Å². The predicted molar refractivity (Wildman–Crippen MR) is 92.8 cm³/mol. The molecule has 2 rings (SSSR count). The molecule has 2 amide bonds. The van der Waals surface area contributed by atoms with Crippen LogP contribution in [-0.4, -0.2) is 25.5 Å². The number of methoxy groups -OCH3 is 1. The molecule has 0 radical (unpaired) electrons. The van der Waals surface area contributed by atoms with E-state index in [2.05, 4.69) is 10.6 Å². The standard InChI is InChI=1S/C19H20F2N2O3/c1-26-17-6-3-2-5-13(17)12-23-18(24)7-4-10-22-19(25)15-9-8-14(20)11-16(15)21/h2-3,5-6,8-9,11H,4,7,10,12H2,1H3,(H,22,25)(H,23,24). The molecule has 0 saturated carbocycles. The van der Waals surface area contributed by atoms with Crippen molar-refractivity contribution in [2.24, 2.45) is 0 Å². The zero-order valence-electron chi connectivity index (χ0n) is 14.4. The van der Waals surface area contributed by atoms with Crippen LogP contribution in [0.4, 0.5) is 8.78 Å². The molecule has 0 bridgehead atoms. The number of hydrogen-bond donors (Lipinski definition) is 2. The van der Waals surface area contributed by atoms with Crippen molar-refractivity contribution in [1.82, 2.24) is 10.6 Å². The van der Waals surface area contributed by atoms with Crippen LogP contribution in [0.5, 0.6) is 5.75 Å². The molecule has 0 spiro atoms. The highest BCUT2D eigenvalue weighted by Gasteiger charge is 2.12. The Labute approximate surface area is 150 Å². The fraction of sp³-hybridized carbons (Fsp3) is 0.263. The molecule has 0 fully saturated rings. The smallest absolute Gasteiger partial charge is 0.254 e. The molecule has 7 heteroatoms. The molecule has 2 aromatic carbocycles. The molecule has 5 nitrogen and oxygen atoms in total. The number of halogens is 2. The minimum Gasteiger partial charge on any atom is -0.496 e. The van der Waals surface area contributed by atoms with Gasteiger partial charge in [-0.1, -0.05) is 18.2 Å². The van der Waals surface area contributed by atoms with Crippen LogP contribution in [0.15, 0.2) is 42.5 Å². The lowest BCUT2D eigenvalue weighted by atomic mass is 10.2. The maximum Gasteiger partial charge on any atom is 0.254 e. The number of benzene rings is 2. The van der Waals surface area contributed by atoms with Crippen LogP contribution in [0.3, 0.4) is 0 Å². The van der Waals surface area contributed by atoms with Crippen molar-refractivity contribution in [3.8, 4) is 5.75 Å². The second kappa shape index (κ2) is 9.50. The van der Waals surface area contributed by atoms with Gasteiger partial charge >= 0.3 is 0 Å². The summed E-state index contributed by atoms with van der Waals surface area (Å²) in [5.74, 6) is -1.78. The maximum absolute atomic E-state index is 13.5. The Bertz CT molecular complexity index is 781. The molecule has 0 aromatic heterocycles. The second-order valence-corrected chi connectivity index (χ2v) is 5.57. The lowest BCUT2D eigenvalue weighted by molar-refractivity contribution is -0.121. The number of carbonyl (C=O) groups excluding carboxylic acids is 2. The van der Waals surface area contributed by atoms with E-state index in [9.17, 15) is 18.4 Å². The van der Waals surface area contributed by atoms with Crippen molar-refractivity contribution in [2.75, 3.05) is 13.7 Å². The second-order valence-electron chi connectivity index (χ2n) is 5.57. The number of rotatable bonds is 8. The van der Waals surface area contributed by atoms with Gasteiger partial charge in [-0.3, -0.25) is 9.59 Å². The van der Waals surface area contributed by atoms with E-state index in [1.807, 2.05) is 24.3 Å². The van der Waals surface area contributed by atoms with Crippen LogP contribution in [0.2, 0.25) is 0 Å². The molecule has 2 N–H and O–H groups in total. The quantitative estimate of drug-likeness (QED) is 0.710. The number of amides is 2. The van der Waals surface area contributed by atoms with Crippen LogP contribution in [-0.2, 0) is 11.3 Å². The summed E-state index contributed by atoms with van der Waals surface area (Å²) in [6.07, 6.45) is 0.605. The van der Waals surface area contributed by atoms with Gasteiger partial charge in [0.05, 0.1) is 12.7 Å². The Hall–Kier alpha value is -2.96. The Kier molecular flexibility index (Phi) is 7.08. The molecule has 2 aromatic rings. The monoisotopic (exact) mass is 362 g/mol. The molecule has 26 heavy (non-hydrogen) atoms. The van der Waals surface area contributed by atoms with E-state index >= 15 is 0 Å². The molecule has 0 aliphatic heterocycles. The van der Waals surface area contributed by atoms with Crippen LogP contribution in [0, 0.1) is 11.6 Å². The molecular formula is C19H20F2N2O3. The molecule has 138 valence electrons. The van der Waals surface area contributed by atoms with E-state index in [0.717, 1.165) is 17.7 Å². The summed E-state index contributed by atoms with van der Waals surface area (Å²) in [7, 11) is 1.56. The average Bonchev–Trinajstić information content (AvgIpc) is 2.63. The van der Waals surface area contributed by atoms with E-state index in [1.54, 1.807) is 7.11 Å². The van der Waals surface area contributed by atoms with E-state index in [0.29, 0.717) is 24.8 Å². The van der Waals surface area contributed by atoms with E-state index < -0.39 is 17.5 Å². The SMILES string of the molecule is COc1ccccc1CNC(=O)CCCNC(=O)c1ccc(F)cc1F. The number of hydrogen-bond acceptors (Lipinski definition) is 3. The molecule has 0 aliphatic rings. The van der Waals surface area contributed by atoms with E-state index in [-0.39, 0.29) is 24.4 Å². The molecular weight excluding hydrogens is 342 g/mol. The van der Waals surface area contributed by atoms with Gasteiger partial charge in [0.15, 0.2) is 0 Å². The van der Waals surface area contributed by atoms with Gasteiger partial charge in [-0.25, -0.2) is 8.78 Å². The Morgan fingerprint density at radius 1 is 1.08 bits per heavy atom. The average molecular weight is 362 g/mol. The third-order valence-electron chi connectivity index (χ3n) is 3.71. The first-order valence-electron chi connectivity index (χ1n) is 8.13. The number of nitrogens with one attached hydrogen (secondary N) is 2. The van der Waals surface area contributed by atoms with Crippen LogP contribution in [0.25, 0.3) is 0 Å². The van der Waals surface area contributed by atoms with Crippen molar-refractivity contribution in [1.29, 1.82) is 0 Å². The summed E-state index contributed by atoms with van der Waals surface area (Å²) in [6, 6.07) is 10.1. The van der Waals surface area contributed by atoms with Crippen LogP contribution < -0.4 is 15.4 Å². The largest absolute Gasteiger partial charge is 0.496 e. The molecule has 0 saturated heterocycles. The first-order chi connectivity index (χ1) is 12.5. The minimum atomic E-state index is -0.919. The summed E-state index contributed by atoms with van der Waals surface area (Å²) in [6.45, 7) is 0.549. The zero-order chi connectivity index (χ0) is 18.9. The highest BCUT2D eigenvalue weighted by atomic mass is 19.1.